The van der Waals surface area contributed by atoms with Gasteiger partial charge < -0.3 is 5.32 Å². The van der Waals surface area contributed by atoms with E-state index in [1.54, 1.807) is 6.20 Å². The topological polar surface area (TPSA) is 48.7 Å². The van der Waals surface area contributed by atoms with Crippen LogP contribution in [0.5, 0.6) is 0 Å². The van der Waals surface area contributed by atoms with Crippen LogP contribution in [0.25, 0.3) is 0 Å². The monoisotopic (exact) mass is 273 g/mol. The number of rotatable bonds is 2. The standard InChI is InChI=1S/C8H8IN3/c1-2-11-8-6(4-10)3-7(9)5-12-8/h3,5H,2H2,1H3,(H,11,12). The molecular weight excluding hydrogens is 265 g/mol. The van der Waals surface area contributed by atoms with E-state index < -0.39 is 0 Å². The molecule has 0 aliphatic heterocycles. The third kappa shape index (κ3) is 2.08. The van der Waals surface area contributed by atoms with Crippen LogP contribution in [-0.2, 0) is 0 Å². The molecule has 3 nitrogen and oxygen atoms in total. The van der Waals surface area contributed by atoms with Crippen molar-refractivity contribution >= 4 is 28.4 Å². The minimum Gasteiger partial charge on any atom is -0.369 e. The molecule has 0 aliphatic rings. The van der Waals surface area contributed by atoms with Gasteiger partial charge in [-0.05, 0) is 35.6 Å². The zero-order valence-corrected chi connectivity index (χ0v) is 8.79. The van der Waals surface area contributed by atoms with Crippen LogP contribution in [0.3, 0.4) is 0 Å². The number of nitrogens with zero attached hydrogens (tertiary/aromatic N) is 2. The Morgan fingerprint density at radius 1 is 1.75 bits per heavy atom. The van der Waals surface area contributed by atoms with Crippen molar-refractivity contribution in [3.63, 3.8) is 0 Å². The van der Waals surface area contributed by atoms with Gasteiger partial charge in [-0.1, -0.05) is 0 Å². The molecule has 0 amide bonds. The number of anilines is 1. The third-order valence-corrected chi connectivity index (χ3v) is 1.91. The molecule has 1 rings (SSSR count). The Bertz CT molecular complexity index is 317. The van der Waals surface area contributed by atoms with Crippen LogP contribution in [0.1, 0.15) is 12.5 Å². The minimum absolute atomic E-state index is 0.601. The van der Waals surface area contributed by atoms with Gasteiger partial charge in [-0.2, -0.15) is 5.26 Å². The lowest BCUT2D eigenvalue weighted by Crippen LogP contribution is -2.01. The highest BCUT2D eigenvalue weighted by atomic mass is 127. The molecule has 62 valence electrons. The van der Waals surface area contributed by atoms with E-state index in [-0.39, 0.29) is 0 Å². The molecule has 0 saturated carbocycles. The summed E-state index contributed by atoms with van der Waals surface area (Å²) < 4.78 is 0.978. The molecule has 0 spiro atoms. The number of aromatic nitrogens is 1. The summed E-state index contributed by atoms with van der Waals surface area (Å²) in [7, 11) is 0. The summed E-state index contributed by atoms with van der Waals surface area (Å²) >= 11 is 2.13. The summed E-state index contributed by atoms with van der Waals surface area (Å²) in [4.78, 5) is 4.10. The van der Waals surface area contributed by atoms with Crippen molar-refractivity contribution in [3.05, 3.63) is 21.4 Å². The molecule has 0 fully saturated rings. The first-order valence-corrected chi connectivity index (χ1v) is 4.65. The molecule has 0 radical (unpaired) electrons. The molecule has 0 aliphatic carbocycles. The van der Waals surface area contributed by atoms with Gasteiger partial charge in [-0.15, -0.1) is 0 Å². The third-order valence-electron chi connectivity index (χ3n) is 1.32. The van der Waals surface area contributed by atoms with E-state index >= 15 is 0 Å². The molecule has 1 heterocycles. The van der Waals surface area contributed by atoms with Gasteiger partial charge in [0, 0.05) is 16.3 Å². The summed E-state index contributed by atoms with van der Waals surface area (Å²) in [6, 6.07) is 3.90. The Hall–Kier alpha value is -0.830. The molecule has 1 N–H and O–H groups in total. The first-order valence-electron chi connectivity index (χ1n) is 3.57. The van der Waals surface area contributed by atoms with E-state index in [9.17, 15) is 0 Å². The van der Waals surface area contributed by atoms with Crippen molar-refractivity contribution in [1.82, 2.24) is 4.98 Å². The Balaban J connectivity index is 3.05. The van der Waals surface area contributed by atoms with Crippen LogP contribution >= 0.6 is 22.6 Å². The zero-order valence-electron chi connectivity index (χ0n) is 6.63. The average molecular weight is 273 g/mol. The highest BCUT2D eigenvalue weighted by Crippen LogP contribution is 2.13. The number of halogens is 1. The maximum Gasteiger partial charge on any atom is 0.143 e. The molecule has 1 aromatic heterocycles. The zero-order chi connectivity index (χ0) is 8.97. The molecule has 0 atom stereocenters. The summed E-state index contributed by atoms with van der Waals surface area (Å²) in [5, 5.41) is 11.8. The van der Waals surface area contributed by atoms with Crippen LogP contribution in [0.15, 0.2) is 12.3 Å². The van der Waals surface area contributed by atoms with Gasteiger partial charge in [0.25, 0.3) is 0 Å². The quantitative estimate of drug-likeness (QED) is 0.838. The molecule has 4 heteroatoms. The first-order chi connectivity index (χ1) is 5.77. The van der Waals surface area contributed by atoms with Gasteiger partial charge in [0.05, 0.1) is 5.56 Å². The highest BCUT2D eigenvalue weighted by molar-refractivity contribution is 14.1. The Labute approximate surface area is 85.0 Å². The molecule has 0 bridgehead atoms. The molecule has 0 saturated heterocycles. The molecule has 0 aromatic carbocycles. The van der Waals surface area contributed by atoms with Crippen molar-refractivity contribution in [2.45, 2.75) is 6.92 Å². The second kappa shape index (κ2) is 4.26. The number of nitrogens with one attached hydrogen (secondary N) is 1. The maximum absolute atomic E-state index is 8.74. The molecular formula is C8H8IN3. The fraction of sp³-hybridized carbons (Fsp3) is 0.250. The van der Waals surface area contributed by atoms with E-state index in [2.05, 4.69) is 39.0 Å². The van der Waals surface area contributed by atoms with Gasteiger partial charge in [0.2, 0.25) is 0 Å². The SMILES string of the molecule is CCNc1ncc(I)cc1C#N. The minimum atomic E-state index is 0.601. The largest absolute Gasteiger partial charge is 0.369 e. The van der Waals surface area contributed by atoms with Gasteiger partial charge in [0.1, 0.15) is 11.9 Å². The number of pyridine rings is 1. The van der Waals surface area contributed by atoms with Crippen molar-refractivity contribution in [2.24, 2.45) is 0 Å². The van der Waals surface area contributed by atoms with Crippen molar-refractivity contribution in [3.8, 4) is 6.07 Å². The van der Waals surface area contributed by atoms with Crippen LogP contribution < -0.4 is 5.32 Å². The van der Waals surface area contributed by atoms with E-state index in [1.807, 2.05) is 13.0 Å². The van der Waals surface area contributed by atoms with E-state index in [0.717, 1.165) is 10.1 Å². The number of hydrogen-bond acceptors (Lipinski definition) is 3. The first kappa shape index (κ1) is 9.26. The highest BCUT2D eigenvalue weighted by Gasteiger charge is 2.01. The smallest absolute Gasteiger partial charge is 0.143 e. The summed E-state index contributed by atoms with van der Waals surface area (Å²) in [5.74, 6) is 0.667. The Morgan fingerprint density at radius 3 is 3.08 bits per heavy atom. The number of nitriles is 1. The van der Waals surface area contributed by atoms with E-state index in [0.29, 0.717) is 11.4 Å². The van der Waals surface area contributed by atoms with Gasteiger partial charge in [-0.25, -0.2) is 4.98 Å². The van der Waals surface area contributed by atoms with Crippen LogP contribution in [-0.4, -0.2) is 11.5 Å². The van der Waals surface area contributed by atoms with E-state index in [4.69, 9.17) is 5.26 Å². The second-order valence-corrected chi connectivity index (χ2v) is 3.44. The summed E-state index contributed by atoms with van der Waals surface area (Å²) in [5.41, 5.74) is 0.601. The fourth-order valence-corrected chi connectivity index (χ4v) is 1.28. The second-order valence-electron chi connectivity index (χ2n) is 2.19. The Morgan fingerprint density at radius 2 is 2.50 bits per heavy atom. The van der Waals surface area contributed by atoms with Crippen molar-refractivity contribution < 1.29 is 0 Å². The van der Waals surface area contributed by atoms with Crippen LogP contribution in [0.2, 0.25) is 0 Å². The average Bonchev–Trinajstić information content (AvgIpc) is 2.08. The van der Waals surface area contributed by atoms with E-state index in [1.165, 1.54) is 0 Å². The lowest BCUT2D eigenvalue weighted by atomic mass is 10.3. The van der Waals surface area contributed by atoms with Crippen molar-refractivity contribution in [1.29, 1.82) is 5.26 Å². The molecule has 0 unspecified atom stereocenters. The van der Waals surface area contributed by atoms with Crippen LogP contribution in [0.4, 0.5) is 5.82 Å². The predicted octanol–water partition coefficient (Wildman–Crippen LogP) is 1.99. The van der Waals surface area contributed by atoms with Crippen LogP contribution in [0, 0.1) is 14.9 Å². The maximum atomic E-state index is 8.74. The normalized spacial score (nSPS) is 9.08. The summed E-state index contributed by atoms with van der Waals surface area (Å²) in [6.45, 7) is 2.75. The van der Waals surface area contributed by atoms with Gasteiger partial charge in [0.15, 0.2) is 0 Å². The Kier molecular flexibility index (Phi) is 3.29. The number of hydrogen-bond donors (Lipinski definition) is 1. The molecule has 1 aromatic rings. The summed E-state index contributed by atoms with van der Waals surface area (Å²) in [6.07, 6.45) is 1.74. The lowest BCUT2D eigenvalue weighted by molar-refractivity contribution is 1.15. The fourth-order valence-electron chi connectivity index (χ4n) is 0.833. The van der Waals surface area contributed by atoms with Gasteiger partial charge in [-0.3, -0.25) is 0 Å². The van der Waals surface area contributed by atoms with Gasteiger partial charge >= 0.3 is 0 Å². The lowest BCUT2D eigenvalue weighted by Gasteiger charge is -2.03. The predicted molar refractivity (Wildman–Crippen MR) is 55.8 cm³/mol. The van der Waals surface area contributed by atoms with Crippen molar-refractivity contribution in [2.75, 3.05) is 11.9 Å². The molecule has 12 heavy (non-hydrogen) atoms.